The fourth-order valence-electron chi connectivity index (χ4n) is 3.43. The molecule has 1 aliphatic heterocycles. The van der Waals surface area contributed by atoms with Gasteiger partial charge in [0.05, 0.1) is 6.20 Å². The van der Waals surface area contributed by atoms with Crippen LogP contribution in [0, 0.1) is 20.8 Å². The number of piperazine rings is 1. The highest BCUT2D eigenvalue weighted by atomic mass is 15.3. The SMILES string of the molecule is Cc1cnn(-c2cc(N3CCN(c4cccc(C)c4C)CC3)ncn2)c1. The Balaban J connectivity index is 1.49. The Morgan fingerprint density at radius 2 is 1.62 bits per heavy atom. The topological polar surface area (TPSA) is 50.1 Å². The zero-order chi connectivity index (χ0) is 18.1. The van der Waals surface area contributed by atoms with Crippen molar-refractivity contribution in [2.45, 2.75) is 20.8 Å². The van der Waals surface area contributed by atoms with Crippen molar-refractivity contribution in [3.8, 4) is 5.82 Å². The van der Waals surface area contributed by atoms with Crippen molar-refractivity contribution in [2.24, 2.45) is 0 Å². The maximum atomic E-state index is 4.48. The molecule has 0 amide bonds. The van der Waals surface area contributed by atoms with E-state index >= 15 is 0 Å². The van der Waals surface area contributed by atoms with Gasteiger partial charge in [-0.15, -0.1) is 0 Å². The van der Waals surface area contributed by atoms with E-state index in [0.717, 1.165) is 43.4 Å². The van der Waals surface area contributed by atoms with Crippen LogP contribution in [-0.4, -0.2) is 45.9 Å². The lowest BCUT2D eigenvalue weighted by molar-refractivity contribution is 0.644. The third kappa shape index (κ3) is 3.14. The van der Waals surface area contributed by atoms with Gasteiger partial charge in [-0.05, 0) is 43.5 Å². The Morgan fingerprint density at radius 3 is 2.35 bits per heavy atom. The average Bonchev–Trinajstić information content (AvgIpc) is 3.11. The summed E-state index contributed by atoms with van der Waals surface area (Å²) in [6.45, 7) is 10.3. The predicted molar refractivity (Wildman–Crippen MR) is 104 cm³/mol. The smallest absolute Gasteiger partial charge is 0.158 e. The Hall–Kier alpha value is -2.89. The monoisotopic (exact) mass is 348 g/mol. The summed E-state index contributed by atoms with van der Waals surface area (Å²) in [7, 11) is 0. The summed E-state index contributed by atoms with van der Waals surface area (Å²) in [5, 5.41) is 4.34. The highest BCUT2D eigenvalue weighted by molar-refractivity contribution is 5.57. The van der Waals surface area contributed by atoms with Crippen molar-refractivity contribution in [3.05, 3.63) is 59.7 Å². The largest absolute Gasteiger partial charge is 0.368 e. The second-order valence-electron chi connectivity index (χ2n) is 6.89. The first kappa shape index (κ1) is 16.6. The van der Waals surface area contributed by atoms with Gasteiger partial charge in [0.15, 0.2) is 5.82 Å². The van der Waals surface area contributed by atoms with Crippen LogP contribution >= 0.6 is 0 Å². The molecule has 0 saturated carbocycles. The van der Waals surface area contributed by atoms with E-state index in [1.807, 2.05) is 25.4 Å². The minimum absolute atomic E-state index is 0.806. The molecule has 3 aromatic rings. The second-order valence-corrected chi connectivity index (χ2v) is 6.89. The lowest BCUT2D eigenvalue weighted by Gasteiger charge is -2.37. The average molecular weight is 348 g/mol. The van der Waals surface area contributed by atoms with E-state index in [2.05, 4.69) is 56.9 Å². The van der Waals surface area contributed by atoms with Crippen LogP contribution in [0.25, 0.3) is 5.82 Å². The van der Waals surface area contributed by atoms with E-state index < -0.39 is 0 Å². The van der Waals surface area contributed by atoms with Gasteiger partial charge in [-0.3, -0.25) is 0 Å². The first-order chi connectivity index (χ1) is 12.6. The predicted octanol–water partition coefficient (Wildman–Crippen LogP) is 2.91. The van der Waals surface area contributed by atoms with Gasteiger partial charge in [-0.25, -0.2) is 14.6 Å². The third-order valence-corrected chi connectivity index (χ3v) is 5.11. The summed E-state index contributed by atoms with van der Waals surface area (Å²) in [4.78, 5) is 13.6. The van der Waals surface area contributed by atoms with E-state index in [-0.39, 0.29) is 0 Å². The molecule has 1 aromatic carbocycles. The summed E-state index contributed by atoms with van der Waals surface area (Å²) in [6.07, 6.45) is 5.44. The molecule has 0 atom stereocenters. The van der Waals surface area contributed by atoms with Crippen molar-refractivity contribution in [1.29, 1.82) is 0 Å². The van der Waals surface area contributed by atoms with Crippen molar-refractivity contribution in [3.63, 3.8) is 0 Å². The summed E-state index contributed by atoms with van der Waals surface area (Å²) in [5.41, 5.74) is 5.19. The van der Waals surface area contributed by atoms with Gasteiger partial charge in [0.1, 0.15) is 12.1 Å². The van der Waals surface area contributed by atoms with Gasteiger partial charge in [-0.2, -0.15) is 5.10 Å². The van der Waals surface area contributed by atoms with Gasteiger partial charge in [0.2, 0.25) is 0 Å². The molecule has 1 saturated heterocycles. The molecular formula is C20H24N6. The first-order valence-corrected chi connectivity index (χ1v) is 9.01. The summed E-state index contributed by atoms with van der Waals surface area (Å²) < 4.78 is 1.80. The van der Waals surface area contributed by atoms with E-state index in [1.165, 1.54) is 16.8 Å². The third-order valence-electron chi connectivity index (χ3n) is 5.11. The van der Waals surface area contributed by atoms with Crippen LogP contribution in [0.15, 0.2) is 43.0 Å². The van der Waals surface area contributed by atoms with Crippen molar-refractivity contribution < 1.29 is 0 Å². The van der Waals surface area contributed by atoms with Crippen LogP contribution in [0.3, 0.4) is 0 Å². The highest BCUT2D eigenvalue weighted by Crippen LogP contribution is 2.25. The standard InChI is InChI=1S/C20H24N6/c1-15-12-23-26(13-15)20-11-19(21-14-22-20)25-9-7-24(8-10-25)18-6-4-5-16(2)17(18)3/h4-6,11-14H,7-10H2,1-3H3. The Labute approximate surface area is 154 Å². The number of benzene rings is 1. The van der Waals surface area contributed by atoms with Gasteiger partial charge >= 0.3 is 0 Å². The Morgan fingerprint density at radius 1 is 0.885 bits per heavy atom. The summed E-state index contributed by atoms with van der Waals surface area (Å²) in [5.74, 6) is 1.77. The summed E-state index contributed by atoms with van der Waals surface area (Å²) in [6, 6.07) is 8.56. The molecule has 0 N–H and O–H groups in total. The molecule has 1 fully saturated rings. The highest BCUT2D eigenvalue weighted by Gasteiger charge is 2.20. The quantitative estimate of drug-likeness (QED) is 0.728. The normalized spacial score (nSPS) is 14.7. The van der Waals surface area contributed by atoms with Gasteiger partial charge in [-0.1, -0.05) is 12.1 Å². The number of hydrogen-bond acceptors (Lipinski definition) is 5. The van der Waals surface area contributed by atoms with E-state index in [4.69, 9.17) is 0 Å². The Kier molecular flexibility index (Phi) is 4.32. The minimum Gasteiger partial charge on any atom is -0.368 e. The van der Waals surface area contributed by atoms with Crippen LogP contribution < -0.4 is 9.80 Å². The fraction of sp³-hybridized carbons (Fsp3) is 0.350. The number of anilines is 2. The number of nitrogens with zero attached hydrogens (tertiary/aromatic N) is 6. The number of aryl methyl sites for hydroxylation is 2. The second kappa shape index (κ2) is 6.78. The molecule has 0 unspecified atom stereocenters. The lowest BCUT2D eigenvalue weighted by atomic mass is 10.1. The lowest BCUT2D eigenvalue weighted by Crippen LogP contribution is -2.47. The van der Waals surface area contributed by atoms with E-state index in [9.17, 15) is 0 Å². The zero-order valence-electron chi connectivity index (χ0n) is 15.6. The molecule has 4 rings (SSSR count). The molecule has 0 radical (unpaired) electrons. The molecule has 26 heavy (non-hydrogen) atoms. The fourth-order valence-corrected chi connectivity index (χ4v) is 3.43. The molecule has 6 nitrogen and oxygen atoms in total. The zero-order valence-corrected chi connectivity index (χ0v) is 15.6. The molecular weight excluding hydrogens is 324 g/mol. The molecule has 134 valence electrons. The summed E-state index contributed by atoms with van der Waals surface area (Å²) >= 11 is 0. The van der Waals surface area contributed by atoms with Crippen LogP contribution in [-0.2, 0) is 0 Å². The van der Waals surface area contributed by atoms with Gasteiger partial charge in [0.25, 0.3) is 0 Å². The van der Waals surface area contributed by atoms with E-state index in [1.54, 1.807) is 11.0 Å². The van der Waals surface area contributed by atoms with Crippen LogP contribution in [0.2, 0.25) is 0 Å². The first-order valence-electron chi connectivity index (χ1n) is 9.01. The van der Waals surface area contributed by atoms with Crippen LogP contribution in [0.5, 0.6) is 0 Å². The van der Waals surface area contributed by atoms with Crippen molar-refractivity contribution in [1.82, 2.24) is 19.7 Å². The molecule has 0 bridgehead atoms. The molecule has 0 spiro atoms. The molecule has 2 aromatic heterocycles. The molecule has 0 aliphatic carbocycles. The minimum atomic E-state index is 0.806. The number of rotatable bonds is 3. The van der Waals surface area contributed by atoms with Crippen LogP contribution in [0.4, 0.5) is 11.5 Å². The van der Waals surface area contributed by atoms with Gasteiger partial charge in [0, 0.05) is 44.1 Å². The number of hydrogen-bond donors (Lipinski definition) is 0. The Bertz CT molecular complexity index is 908. The van der Waals surface area contributed by atoms with Crippen LogP contribution in [0.1, 0.15) is 16.7 Å². The van der Waals surface area contributed by atoms with Crippen molar-refractivity contribution >= 4 is 11.5 Å². The van der Waals surface area contributed by atoms with Crippen molar-refractivity contribution in [2.75, 3.05) is 36.0 Å². The maximum absolute atomic E-state index is 4.48. The number of aromatic nitrogens is 4. The molecule has 6 heteroatoms. The van der Waals surface area contributed by atoms with E-state index in [0.29, 0.717) is 0 Å². The maximum Gasteiger partial charge on any atom is 0.158 e. The molecule has 3 heterocycles. The van der Waals surface area contributed by atoms with Gasteiger partial charge < -0.3 is 9.80 Å². The molecule has 1 aliphatic rings.